The van der Waals surface area contributed by atoms with Crippen LogP contribution in [0.1, 0.15) is 50.4 Å². The lowest BCUT2D eigenvalue weighted by Crippen LogP contribution is -2.13. The van der Waals surface area contributed by atoms with Crippen molar-refractivity contribution in [1.82, 2.24) is 5.32 Å². The number of hydrogen-bond donors (Lipinski definition) is 3. The molecular weight excluding hydrogens is 240 g/mol. The third-order valence-corrected chi connectivity index (χ3v) is 2.98. The highest BCUT2D eigenvalue weighted by molar-refractivity contribution is 5.67. The van der Waals surface area contributed by atoms with Crippen molar-refractivity contribution in [3.63, 3.8) is 0 Å². The molecule has 108 valence electrons. The molecule has 4 nitrogen and oxygen atoms in total. The second-order valence-electron chi connectivity index (χ2n) is 4.73. The summed E-state index contributed by atoms with van der Waals surface area (Å²) in [7, 11) is 0. The SMILES string of the molecule is CC/C=C(\NCCCCCCN)c1cc(C)oc1O. The zero-order valence-electron chi connectivity index (χ0n) is 12.0. The Kier molecular flexibility index (Phi) is 7.11. The van der Waals surface area contributed by atoms with Gasteiger partial charge in [-0.25, -0.2) is 0 Å². The molecule has 0 aliphatic carbocycles. The zero-order chi connectivity index (χ0) is 14.1. The van der Waals surface area contributed by atoms with Crippen molar-refractivity contribution >= 4 is 5.70 Å². The predicted molar refractivity (Wildman–Crippen MR) is 78.9 cm³/mol. The first-order valence-electron chi connectivity index (χ1n) is 7.13. The van der Waals surface area contributed by atoms with E-state index in [0.717, 1.165) is 49.4 Å². The predicted octanol–water partition coefficient (Wildman–Crippen LogP) is 3.15. The van der Waals surface area contributed by atoms with Crippen molar-refractivity contribution in [2.24, 2.45) is 5.73 Å². The average Bonchev–Trinajstić information content (AvgIpc) is 2.71. The molecule has 0 radical (unpaired) electrons. The highest BCUT2D eigenvalue weighted by Gasteiger charge is 2.11. The average molecular weight is 266 g/mol. The minimum atomic E-state index is -0.00664. The van der Waals surface area contributed by atoms with Crippen molar-refractivity contribution in [1.29, 1.82) is 0 Å². The number of unbranched alkanes of at least 4 members (excludes halogenated alkanes) is 3. The Morgan fingerprint density at radius 2 is 2.11 bits per heavy atom. The van der Waals surface area contributed by atoms with Gasteiger partial charge < -0.3 is 20.6 Å². The summed E-state index contributed by atoms with van der Waals surface area (Å²) in [6, 6.07) is 1.86. The number of nitrogens with two attached hydrogens (primary N) is 1. The van der Waals surface area contributed by atoms with Crippen molar-refractivity contribution in [2.45, 2.75) is 46.0 Å². The van der Waals surface area contributed by atoms with E-state index < -0.39 is 0 Å². The molecule has 1 rings (SSSR count). The van der Waals surface area contributed by atoms with E-state index in [1.54, 1.807) is 0 Å². The minimum Gasteiger partial charge on any atom is -0.480 e. The number of hydrogen-bond acceptors (Lipinski definition) is 4. The Morgan fingerprint density at radius 3 is 2.68 bits per heavy atom. The molecule has 0 unspecified atom stereocenters. The number of furan rings is 1. The van der Waals surface area contributed by atoms with Gasteiger partial charge in [-0.05, 0) is 38.8 Å². The van der Waals surface area contributed by atoms with Gasteiger partial charge in [0.2, 0.25) is 0 Å². The Bertz CT molecular complexity index is 397. The molecule has 0 saturated heterocycles. The second-order valence-corrected chi connectivity index (χ2v) is 4.73. The molecular formula is C15H26N2O2. The van der Waals surface area contributed by atoms with Gasteiger partial charge in [0.1, 0.15) is 5.76 Å². The first-order chi connectivity index (χ1) is 9.19. The van der Waals surface area contributed by atoms with Gasteiger partial charge in [0.05, 0.1) is 5.56 Å². The molecule has 0 atom stereocenters. The van der Waals surface area contributed by atoms with Crippen LogP contribution in [-0.2, 0) is 0 Å². The van der Waals surface area contributed by atoms with Crippen LogP contribution in [0.3, 0.4) is 0 Å². The van der Waals surface area contributed by atoms with Crippen molar-refractivity contribution in [2.75, 3.05) is 13.1 Å². The fourth-order valence-electron chi connectivity index (χ4n) is 2.02. The molecule has 1 heterocycles. The fourth-order valence-corrected chi connectivity index (χ4v) is 2.02. The zero-order valence-corrected chi connectivity index (χ0v) is 12.0. The summed E-state index contributed by atoms with van der Waals surface area (Å²) in [5, 5.41) is 13.1. The van der Waals surface area contributed by atoms with Gasteiger partial charge in [0.15, 0.2) is 0 Å². The molecule has 0 spiro atoms. The summed E-state index contributed by atoms with van der Waals surface area (Å²) in [6.45, 7) is 5.59. The van der Waals surface area contributed by atoms with E-state index in [9.17, 15) is 5.11 Å². The summed E-state index contributed by atoms with van der Waals surface area (Å²) in [4.78, 5) is 0. The number of aryl methyl sites for hydroxylation is 1. The van der Waals surface area contributed by atoms with Gasteiger partial charge in [-0.2, -0.15) is 0 Å². The highest BCUT2D eigenvalue weighted by Crippen LogP contribution is 2.27. The maximum Gasteiger partial charge on any atom is 0.291 e. The van der Waals surface area contributed by atoms with Gasteiger partial charge in [0, 0.05) is 12.2 Å². The van der Waals surface area contributed by atoms with Gasteiger partial charge in [-0.1, -0.05) is 25.8 Å². The van der Waals surface area contributed by atoms with E-state index in [4.69, 9.17) is 10.2 Å². The van der Waals surface area contributed by atoms with Crippen LogP contribution < -0.4 is 11.1 Å². The minimum absolute atomic E-state index is 0.00664. The third-order valence-electron chi connectivity index (χ3n) is 2.98. The van der Waals surface area contributed by atoms with Crippen molar-refractivity contribution in [3.05, 3.63) is 23.5 Å². The second kappa shape index (κ2) is 8.64. The maximum atomic E-state index is 9.74. The topological polar surface area (TPSA) is 71.4 Å². The fraction of sp³-hybridized carbons (Fsp3) is 0.600. The molecule has 1 aromatic heterocycles. The van der Waals surface area contributed by atoms with Crippen molar-refractivity contribution in [3.8, 4) is 5.95 Å². The molecule has 4 N–H and O–H groups in total. The summed E-state index contributed by atoms with van der Waals surface area (Å²) in [5.74, 6) is 0.715. The summed E-state index contributed by atoms with van der Waals surface area (Å²) >= 11 is 0. The molecule has 4 heteroatoms. The molecule has 0 bridgehead atoms. The van der Waals surface area contributed by atoms with Crippen LogP contribution >= 0.6 is 0 Å². The number of rotatable bonds is 9. The summed E-state index contributed by atoms with van der Waals surface area (Å²) in [6.07, 6.45) is 7.56. The molecule has 19 heavy (non-hydrogen) atoms. The van der Waals surface area contributed by atoms with E-state index in [1.165, 1.54) is 12.8 Å². The standard InChI is InChI=1S/C15H26N2O2/c1-3-8-14(13-11-12(2)19-15(13)18)17-10-7-5-4-6-9-16/h8,11,17-18H,3-7,9-10,16H2,1-2H3/b14-8-. The maximum absolute atomic E-state index is 9.74. The molecule has 0 aromatic carbocycles. The van der Waals surface area contributed by atoms with Gasteiger partial charge >= 0.3 is 0 Å². The molecule has 0 saturated carbocycles. The Hall–Kier alpha value is -1.42. The normalized spacial score (nSPS) is 11.8. The highest BCUT2D eigenvalue weighted by atomic mass is 16.5. The van der Waals surface area contributed by atoms with E-state index in [1.807, 2.05) is 13.0 Å². The quantitative estimate of drug-likeness (QED) is 0.600. The number of allylic oxidation sites excluding steroid dienone is 1. The summed E-state index contributed by atoms with van der Waals surface area (Å²) in [5.41, 5.74) is 7.17. The third kappa shape index (κ3) is 5.39. The van der Waals surface area contributed by atoms with Gasteiger partial charge in [-0.15, -0.1) is 0 Å². The van der Waals surface area contributed by atoms with Gasteiger partial charge in [0.25, 0.3) is 5.95 Å². The molecule has 0 aliphatic heterocycles. The van der Waals surface area contributed by atoms with E-state index in [0.29, 0.717) is 0 Å². The molecule has 1 aromatic rings. The lowest BCUT2D eigenvalue weighted by molar-refractivity contribution is 0.322. The monoisotopic (exact) mass is 266 g/mol. The number of nitrogens with one attached hydrogen (secondary N) is 1. The van der Waals surface area contributed by atoms with Crippen LogP contribution in [0.15, 0.2) is 16.6 Å². The van der Waals surface area contributed by atoms with Crippen LogP contribution in [-0.4, -0.2) is 18.2 Å². The van der Waals surface area contributed by atoms with Crippen LogP contribution in [0.4, 0.5) is 0 Å². The first kappa shape index (κ1) is 15.6. The molecule has 0 fully saturated rings. The van der Waals surface area contributed by atoms with Crippen LogP contribution in [0.2, 0.25) is 0 Å². The van der Waals surface area contributed by atoms with Gasteiger partial charge in [-0.3, -0.25) is 0 Å². The lowest BCUT2D eigenvalue weighted by Gasteiger charge is -2.09. The molecule has 0 aliphatic rings. The number of aromatic hydroxyl groups is 1. The van der Waals surface area contributed by atoms with Crippen LogP contribution in [0, 0.1) is 6.92 Å². The lowest BCUT2D eigenvalue weighted by atomic mass is 10.1. The van der Waals surface area contributed by atoms with Crippen molar-refractivity contribution < 1.29 is 9.52 Å². The smallest absolute Gasteiger partial charge is 0.291 e. The van der Waals surface area contributed by atoms with E-state index in [2.05, 4.69) is 18.3 Å². The largest absolute Gasteiger partial charge is 0.480 e. The van der Waals surface area contributed by atoms with Crippen LogP contribution in [0.5, 0.6) is 5.95 Å². The Morgan fingerprint density at radius 1 is 1.37 bits per heavy atom. The van der Waals surface area contributed by atoms with Crippen LogP contribution in [0.25, 0.3) is 5.70 Å². The molecule has 0 amide bonds. The Balaban J connectivity index is 2.46. The Labute approximate surface area is 115 Å². The first-order valence-corrected chi connectivity index (χ1v) is 7.13. The van der Waals surface area contributed by atoms with E-state index >= 15 is 0 Å². The van der Waals surface area contributed by atoms with E-state index in [-0.39, 0.29) is 5.95 Å². The summed E-state index contributed by atoms with van der Waals surface area (Å²) < 4.78 is 5.16.